The van der Waals surface area contributed by atoms with Gasteiger partial charge in [0.2, 0.25) is 0 Å². The van der Waals surface area contributed by atoms with E-state index in [0.717, 1.165) is 17.2 Å². The highest BCUT2D eigenvalue weighted by Gasteiger charge is 2.35. The van der Waals surface area contributed by atoms with Gasteiger partial charge in [-0.1, -0.05) is 30.3 Å². The van der Waals surface area contributed by atoms with Crippen LogP contribution in [0.4, 0.5) is 13.2 Å². The molecule has 0 spiro atoms. The number of nitrogens with one attached hydrogen (secondary N) is 1. The summed E-state index contributed by atoms with van der Waals surface area (Å²) in [7, 11) is 0. The lowest BCUT2D eigenvalue weighted by Crippen LogP contribution is -2.20. The molecule has 2 aromatic carbocycles. The number of benzene rings is 2. The summed E-state index contributed by atoms with van der Waals surface area (Å²) in [5, 5.41) is 13.1. The molecule has 0 radical (unpaired) electrons. The molecule has 0 saturated heterocycles. The number of halogens is 4. The molecule has 2 aromatic rings. The van der Waals surface area contributed by atoms with Crippen LogP contribution in [0, 0.1) is 0 Å². The maximum atomic E-state index is 13.0. The molecule has 0 amide bonds. The number of phenolic OH excluding ortho intramolecular Hbond substituents is 1. The van der Waals surface area contributed by atoms with Crippen molar-refractivity contribution >= 4 is 12.4 Å². The van der Waals surface area contributed by atoms with Gasteiger partial charge in [-0.05, 0) is 41.8 Å². The van der Waals surface area contributed by atoms with Gasteiger partial charge in [-0.15, -0.1) is 12.4 Å². The molecule has 124 valence electrons. The normalized spacial score (nSPS) is 17.8. The number of hydrogen-bond donors (Lipinski definition) is 2. The average molecular weight is 344 g/mol. The molecule has 1 heterocycles. The first-order chi connectivity index (χ1) is 10.5. The van der Waals surface area contributed by atoms with Crippen LogP contribution in [0.3, 0.4) is 0 Å². The molecule has 0 bridgehead atoms. The fraction of sp³-hybridized carbons (Fsp3) is 0.294. The van der Waals surface area contributed by atoms with Crippen molar-refractivity contribution in [3.63, 3.8) is 0 Å². The van der Waals surface area contributed by atoms with E-state index in [9.17, 15) is 18.3 Å². The van der Waals surface area contributed by atoms with Crippen molar-refractivity contribution in [1.82, 2.24) is 5.32 Å². The fourth-order valence-corrected chi connectivity index (χ4v) is 2.98. The number of hydrogen-bond acceptors (Lipinski definition) is 2. The lowest BCUT2D eigenvalue weighted by atomic mass is 9.87. The molecule has 1 unspecified atom stereocenters. The van der Waals surface area contributed by atoms with Gasteiger partial charge in [0.1, 0.15) is 5.75 Å². The SMILES string of the molecule is Cl.Oc1cc2c(cc1C(F)(F)F)CCNCC2c1ccccc1. The Kier molecular flexibility index (Phi) is 5.22. The minimum atomic E-state index is -4.54. The standard InChI is InChI=1S/C17H16F3NO.ClH/c18-17(19,20)15-8-12-6-7-21-10-14(13(12)9-16(15)22)11-4-2-1-3-5-11;/h1-5,8-9,14,21-22H,6-7,10H2;1H. The summed E-state index contributed by atoms with van der Waals surface area (Å²) in [4.78, 5) is 0. The maximum absolute atomic E-state index is 13.0. The Morgan fingerprint density at radius 1 is 1.09 bits per heavy atom. The van der Waals surface area contributed by atoms with Crippen molar-refractivity contribution in [1.29, 1.82) is 0 Å². The van der Waals surface area contributed by atoms with E-state index in [1.807, 2.05) is 30.3 Å². The summed E-state index contributed by atoms with van der Waals surface area (Å²) in [5.74, 6) is -0.763. The smallest absolute Gasteiger partial charge is 0.419 e. The van der Waals surface area contributed by atoms with E-state index in [1.54, 1.807) is 0 Å². The Bertz CT molecular complexity index is 674. The van der Waals surface area contributed by atoms with E-state index < -0.39 is 17.5 Å². The molecule has 0 fully saturated rings. The van der Waals surface area contributed by atoms with E-state index in [2.05, 4.69) is 5.32 Å². The van der Waals surface area contributed by atoms with Gasteiger partial charge in [-0.25, -0.2) is 0 Å². The summed E-state index contributed by atoms with van der Waals surface area (Å²) in [6.07, 6.45) is -4.02. The van der Waals surface area contributed by atoms with Crippen molar-refractivity contribution < 1.29 is 18.3 Å². The molecule has 2 N–H and O–H groups in total. The second-order valence-corrected chi connectivity index (χ2v) is 5.48. The molecular formula is C17H17ClF3NO. The molecule has 23 heavy (non-hydrogen) atoms. The van der Waals surface area contributed by atoms with Crippen LogP contribution < -0.4 is 5.32 Å². The summed E-state index contributed by atoms with van der Waals surface area (Å²) >= 11 is 0. The van der Waals surface area contributed by atoms with E-state index in [0.29, 0.717) is 25.1 Å². The Morgan fingerprint density at radius 3 is 2.43 bits per heavy atom. The van der Waals surface area contributed by atoms with Crippen molar-refractivity contribution in [3.8, 4) is 5.75 Å². The zero-order valence-electron chi connectivity index (χ0n) is 12.2. The summed E-state index contributed by atoms with van der Waals surface area (Å²) in [6, 6.07) is 12.0. The van der Waals surface area contributed by atoms with Crippen LogP contribution in [0.15, 0.2) is 42.5 Å². The third kappa shape index (κ3) is 3.62. The van der Waals surface area contributed by atoms with Crippen molar-refractivity contribution in [2.24, 2.45) is 0 Å². The third-order valence-electron chi connectivity index (χ3n) is 4.06. The van der Waals surface area contributed by atoms with E-state index in [-0.39, 0.29) is 18.3 Å². The number of alkyl halides is 3. The zero-order chi connectivity index (χ0) is 15.7. The van der Waals surface area contributed by atoms with Gasteiger partial charge >= 0.3 is 6.18 Å². The predicted octanol–water partition coefficient (Wildman–Crippen LogP) is 4.11. The van der Waals surface area contributed by atoms with Gasteiger partial charge < -0.3 is 10.4 Å². The average Bonchev–Trinajstić information content (AvgIpc) is 2.68. The lowest BCUT2D eigenvalue weighted by Gasteiger charge is -2.20. The summed E-state index contributed by atoms with van der Waals surface area (Å²) in [5.41, 5.74) is 1.47. The molecule has 6 heteroatoms. The van der Waals surface area contributed by atoms with Gasteiger partial charge in [-0.2, -0.15) is 13.2 Å². The van der Waals surface area contributed by atoms with Crippen LogP contribution >= 0.6 is 12.4 Å². The molecule has 2 nitrogen and oxygen atoms in total. The Balaban J connectivity index is 0.00000192. The molecule has 3 rings (SSSR count). The topological polar surface area (TPSA) is 32.3 Å². The second kappa shape index (κ2) is 6.81. The van der Waals surface area contributed by atoms with Crippen LogP contribution in [0.5, 0.6) is 5.75 Å². The molecule has 1 atom stereocenters. The van der Waals surface area contributed by atoms with Crippen molar-refractivity contribution in [2.45, 2.75) is 18.5 Å². The second-order valence-electron chi connectivity index (χ2n) is 5.48. The highest BCUT2D eigenvalue weighted by molar-refractivity contribution is 5.85. The zero-order valence-corrected chi connectivity index (χ0v) is 13.0. The highest BCUT2D eigenvalue weighted by Crippen LogP contribution is 2.40. The molecule has 0 aromatic heterocycles. The van der Waals surface area contributed by atoms with Gasteiger partial charge in [0.05, 0.1) is 5.56 Å². The third-order valence-corrected chi connectivity index (χ3v) is 4.06. The van der Waals surface area contributed by atoms with Gasteiger partial charge in [0.15, 0.2) is 0 Å². The fourth-order valence-electron chi connectivity index (χ4n) is 2.98. The van der Waals surface area contributed by atoms with E-state index >= 15 is 0 Å². The number of rotatable bonds is 1. The van der Waals surface area contributed by atoms with Crippen LogP contribution in [-0.2, 0) is 12.6 Å². The Morgan fingerprint density at radius 2 is 1.78 bits per heavy atom. The first-order valence-electron chi connectivity index (χ1n) is 7.15. The van der Waals surface area contributed by atoms with E-state index in [4.69, 9.17) is 0 Å². The molecule has 0 aliphatic carbocycles. The first-order valence-corrected chi connectivity index (χ1v) is 7.15. The maximum Gasteiger partial charge on any atom is 0.419 e. The molecular weight excluding hydrogens is 327 g/mol. The minimum Gasteiger partial charge on any atom is -0.507 e. The Hall–Kier alpha value is -1.72. The minimum absolute atomic E-state index is 0. The Labute approximate surface area is 138 Å². The first kappa shape index (κ1) is 17.6. The van der Waals surface area contributed by atoms with Gasteiger partial charge in [0, 0.05) is 12.5 Å². The van der Waals surface area contributed by atoms with Gasteiger partial charge in [-0.3, -0.25) is 0 Å². The van der Waals surface area contributed by atoms with Crippen LogP contribution in [-0.4, -0.2) is 18.2 Å². The number of aromatic hydroxyl groups is 1. The van der Waals surface area contributed by atoms with Crippen molar-refractivity contribution in [2.75, 3.05) is 13.1 Å². The van der Waals surface area contributed by atoms with Gasteiger partial charge in [0.25, 0.3) is 0 Å². The quantitative estimate of drug-likeness (QED) is 0.816. The monoisotopic (exact) mass is 343 g/mol. The van der Waals surface area contributed by atoms with Crippen LogP contribution in [0.25, 0.3) is 0 Å². The lowest BCUT2D eigenvalue weighted by molar-refractivity contribution is -0.138. The summed E-state index contributed by atoms with van der Waals surface area (Å²) in [6.45, 7) is 1.26. The summed E-state index contributed by atoms with van der Waals surface area (Å²) < 4.78 is 38.9. The van der Waals surface area contributed by atoms with Crippen molar-refractivity contribution in [3.05, 3.63) is 64.7 Å². The largest absolute Gasteiger partial charge is 0.507 e. The van der Waals surface area contributed by atoms with Crippen LogP contribution in [0.2, 0.25) is 0 Å². The highest BCUT2D eigenvalue weighted by atomic mass is 35.5. The van der Waals surface area contributed by atoms with Crippen LogP contribution in [0.1, 0.15) is 28.2 Å². The number of fused-ring (bicyclic) bond motifs is 1. The molecule has 1 aliphatic heterocycles. The molecule has 1 aliphatic rings. The molecule has 0 saturated carbocycles. The number of phenols is 1. The predicted molar refractivity (Wildman–Crippen MR) is 85.2 cm³/mol. The van der Waals surface area contributed by atoms with E-state index in [1.165, 1.54) is 6.07 Å².